The van der Waals surface area contributed by atoms with Crippen LogP contribution in [0.2, 0.25) is 0 Å². The number of hydrogen-bond acceptors (Lipinski definition) is 2. The second kappa shape index (κ2) is 5.28. The van der Waals surface area contributed by atoms with Crippen LogP contribution in [0.5, 0.6) is 0 Å². The van der Waals surface area contributed by atoms with E-state index in [0.29, 0.717) is 12.2 Å². The smallest absolute Gasteiger partial charge is 0.382 e. The highest BCUT2D eigenvalue weighted by molar-refractivity contribution is 5.53. The number of halogens is 3. The Labute approximate surface area is 117 Å². The van der Waals surface area contributed by atoms with E-state index in [9.17, 15) is 13.2 Å². The zero-order chi connectivity index (χ0) is 15.0. The summed E-state index contributed by atoms with van der Waals surface area (Å²) in [5, 5.41) is 3.08. The van der Waals surface area contributed by atoms with Gasteiger partial charge in [0.15, 0.2) is 0 Å². The van der Waals surface area contributed by atoms with Crippen molar-refractivity contribution in [3.8, 4) is 0 Å². The second-order valence-electron chi connectivity index (χ2n) is 5.95. The van der Waals surface area contributed by atoms with Gasteiger partial charge in [-0.25, -0.2) is 0 Å². The maximum Gasteiger partial charge on any atom is 0.416 e. The van der Waals surface area contributed by atoms with Crippen molar-refractivity contribution in [1.82, 2.24) is 0 Å². The largest absolute Gasteiger partial charge is 0.416 e. The maximum atomic E-state index is 12.7. The summed E-state index contributed by atoms with van der Waals surface area (Å²) >= 11 is 0. The highest BCUT2D eigenvalue weighted by Gasteiger charge is 2.32. The van der Waals surface area contributed by atoms with Gasteiger partial charge in [-0.15, -0.1) is 0 Å². The minimum atomic E-state index is -4.31. The Morgan fingerprint density at radius 3 is 2.60 bits per heavy atom. The molecule has 0 aliphatic carbocycles. The standard InChI is InChI=1S/C15H20F3NO/c1-10-4-5-11(15(16,17)18)8-13(10)19-9-12-6-7-14(2,3)20-12/h4-5,8,12,19H,6-7,9H2,1-3H3. The highest BCUT2D eigenvalue weighted by Crippen LogP contribution is 2.33. The van der Waals surface area contributed by atoms with Crippen LogP contribution in [-0.4, -0.2) is 18.2 Å². The minimum absolute atomic E-state index is 0.0546. The minimum Gasteiger partial charge on any atom is -0.382 e. The third-order valence-electron chi connectivity index (χ3n) is 3.64. The van der Waals surface area contributed by atoms with Crippen molar-refractivity contribution in [2.45, 2.75) is 51.5 Å². The monoisotopic (exact) mass is 287 g/mol. The van der Waals surface area contributed by atoms with Crippen molar-refractivity contribution in [2.75, 3.05) is 11.9 Å². The first kappa shape index (κ1) is 15.2. The molecule has 1 N–H and O–H groups in total. The van der Waals surface area contributed by atoms with Gasteiger partial charge in [-0.2, -0.15) is 13.2 Å². The Morgan fingerprint density at radius 2 is 2.05 bits per heavy atom. The molecule has 1 aromatic rings. The van der Waals surface area contributed by atoms with E-state index in [0.717, 1.165) is 30.5 Å². The quantitative estimate of drug-likeness (QED) is 0.890. The van der Waals surface area contributed by atoms with Gasteiger partial charge in [-0.3, -0.25) is 0 Å². The SMILES string of the molecule is Cc1ccc(C(F)(F)F)cc1NCC1CCC(C)(C)O1. The molecule has 0 aromatic heterocycles. The summed E-state index contributed by atoms with van der Waals surface area (Å²) in [5.74, 6) is 0. The van der Waals surface area contributed by atoms with E-state index in [1.54, 1.807) is 6.92 Å². The molecule has 0 saturated carbocycles. The van der Waals surface area contributed by atoms with Crippen molar-refractivity contribution in [3.05, 3.63) is 29.3 Å². The molecule has 0 bridgehead atoms. The summed E-state index contributed by atoms with van der Waals surface area (Å²) in [6.45, 7) is 6.39. The lowest BCUT2D eigenvalue weighted by molar-refractivity contribution is -0.137. The van der Waals surface area contributed by atoms with E-state index < -0.39 is 11.7 Å². The molecule has 2 rings (SSSR count). The van der Waals surface area contributed by atoms with E-state index in [-0.39, 0.29) is 11.7 Å². The van der Waals surface area contributed by atoms with Crippen LogP contribution in [0.3, 0.4) is 0 Å². The third kappa shape index (κ3) is 3.66. The normalized spacial score (nSPS) is 22.0. The second-order valence-corrected chi connectivity index (χ2v) is 5.95. The Kier molecular flexibility index (Phi) is 4.00. The number of alkyl halides is 3. The number of aryl methyl sites for hydroxylation is 1. The van der Waals surface area contributed by atoms with Crippen LogP contribution in [0.4, 0.5) is 18.9 Å². The summed E-state index contributed by atoms with van der Waals surface area (Å²) < 4.78 is 43.9. The molecule has 1 aliphatic heterocycles. The lowest BCUT2D eigenvalue weighted by Crippen LogP contribution is -2.25. The van der Waals surface area contributed by atoms with E-state index in [2.05, 4.69) is 5.32 Å². The zero-order valence-electron chi connectivity index (χ0n) is 12.0. The predicted molar refractivity (Wildman–Crippen MR) is 72.9 cm³/mol. The molecule has 1 fully saturated rings. The molecule has 1 heterocycles. The number of hydrogen-bond donors (Lipinski definition) is 1. The lowest BCUT2D eigenvalue weighted by Gasteiger charge is -2.20. The third-order valence-corrected chi connectivity index (χ3v) is 3.64. The average molecular weight is 287 g/mol. The molecule has 1 aliphatic rings. The predicted octanol–water partition coefficient (Wildman–Crippen LogP) is 4.38. The molecule has 1 unspecified atom stereocenters. The lowest BCUT2D eigenvalue weighted by atomic mass is 10.1. The van der Waals surface area contributed by atoms with Crippen molar-refractivity contribution in [3.63, 3.8) is 0 Å². The van der Waals surface area contributed by atoms with Crippen LogP contribution in [0.15, 0.2) is 18.2 Å². The Balaban J connectivity index is 2.03. The fourth-order valence-corrected chi connectivity index (χ4v) is 2.43. The van der Waals surface area contributed by atoms with Crippen LogP contribution >= 0.6 is 0 Å². The van der Waals surface area contributed by atoms with E-state index >= 15 is 0 Å². The highest BCUT2D eigenvalue weighted by atomic mass is 19.4. The molecule has 2 nitrogen and oxygen atoms in total. The van der Waals surface area contributed by atoms with Crippen LogP contribution in [0.25, 0.3) is 0 Å². The van der Waals surface area contributed by atoms with Crippen LogP contribution in [-0.2, 0) is 10.9 Å². The first-order valence-electron chi connectivity index (χ1n) is 6.77. The first-order chi connectivity index (χ1) is 9.17. The van der Waals surface area contributed by atoms with Crippen LogP contribution in [0, 0.1) is 6.92 Å². The molecule has 1 saturated heterocycles. The van der Waals surface area contributed by atoms with E-state index in [1.165, 1.54) is 6.07 Å². The molecule has 112 valence electrons. The van der Waals surface area contributed by atoms with Gasteiger partial charge in [-0.1, -0.05) is 6.07 Å². The van der Waals surface area contributed by atoms with Crippen molar-refractivity contribution < 1.29 is 17.9 Å². The number of benzene rings is 1. The Hall–Kier alpha value is -1.23. The zero-order valence-corrected chi connectivity index (χ0v) is 12.0. The molecular weight excluding hydrogens is 267 g/mol. The summed E-state index contributed by atoms with van der Waals surface area (Å²) in [7, 11) is 0. The number of nitrogens with one attached hydrogen (secondary N) is 1. The summed E-state index contributed by atoms with van der Waals surface area (Å²) in [5.41, 5.74) is 0.566. The summed E-state index contributed by atoms with van der Waals surface area (Å²) in [6, 6.07) is 3.76. The van der Waals surface area contributed by atoms with Gasteiger partial charge in [-0.05, 0) is 51.3 Å². The molecule has 1 aromatic carbocycles. The van der Waals surface area contributed by atoms with E-state index in [4.69, 9.17) is 4.74 Å². The van der Waals surface area contributed by atoms with Gasteiger partial charge in [0.2, 0.25) is 0 Å². The van der Waals surface area contributed by atoms with Gasteiger partial charge in [0, 0.05) is 12.2 Å². The van der Waals surface area contributed by atoms with Gasteiger partial charge < -0.3 is 10.1 Å². The van der Waals surface area contributed by atoms with Gasteiger partial charge in [0.25, 0.3) is 0 Å². The van der Waals surface area contributed by atoms with Gasteiger partial charge in [0.1, 0.15) is 0 Å². The number of anilines is 1. The molecule has 20 heavy (non-hydrogen) atoms. The van der Waals surface area contributed by atoms with E-state index in [1.807, 2.05) is 13.8 Å². The van der Waals surface area contributed by atoms with Gasteiger partial charge >= 0.3 is 6.18 Å². The van der Waals surface area contributed by atoms with Crippen molar-refractivity contribution in [1.29, 1.82) is 0 Å². The summed E-state index contributed by atoms with van der Waals surface area (Å²) in [6.07, 6.45) is -2.35. The van der Waals surface area contributed by atoms with Crippen LogP contribution < -0.4 is 5.32 Å². The van der Waals surface area contributed by atoms with Crippen molar-refractivity contribution >= 4 is 5.69 Å². The molecular formula is C15H20F3NO. The maximum absolute atomic E-state index is 12.7. The molecule has 5 heteroatoms. The number of ether oxygens (including phenoxy) is 1. The Morgan fingerprint density at radius 1 is 1.35 bits per heavy atom. The van der Waals surface area contributed by atoms with Crippen molar-refractivity contribution in [2.24, 2.45) is 0 Å². The molecule has 0 spiro atoms. The average Bonchev–Trinajstić information content (AvgIpc) is 2.66. The first-order valence-corrected chi connectivity index (χ1v) is 6.77. The molecule has 0 amide bonds. The number of rotatable bonds is 3. The fraction of sp³-hybridized carbons (Fsp3) is 0.600. The van der Waals surface area contributed by atoms with Gasteiger partial charge in [0.05, 0.1) is 17.3 Å². The Bertz CT molecular complexity index is 482. The fourth-order valence-electron chi connectivity index (χ4n) is 2.43. The van der Waals surface area contributed by atoms with Crippen LogP contribution in [0.1, 0.15) is 37.8 Å². The molecule has 0 radical (unpaired) electrons. The topological polar surface area (TPSA) is 21.3 Å². The molecule has 1 atom stereocenters. The summed E-state index contributed by atoms with van der Waals surface area (Å²) in [4.78, 5) is 0.